The van der Waals surface area contributed by atoms with E-state index in [9.17, 15) is 19.2 Å². The molecule has 12 heteroatoms. The van der Waals surface area contributed by atoms with E-state index in [0.29, 0.717) is 36.2 Å². The van der Waals surface area contributed by atoms with Gasteiger partial charge in [-0.1, -0.05) is 19.6 Å². The van der Waals surface area contributed by atoms with Crippen molar-refractivity contribution in [2.45, 2.75) is 58.8 Å². The monoisotopic (exact) mass is 624 g/mol. The Morgan fingerprint density at radius 2 is 1.64 bits per heavy atom. The van der Waals surface area contributed by atoms with E-state index >= 15 is 0 Å². The minimum Gasteiger partial charge on any atom is -0.465 e. The highest BCUT2D eigenvalue weighted by molar-refractivity contribution is 6.76. The normalized spacial score (nSPS) is 14.6. The number of hydrogen-bond donors (Lipinski definition) is 0. The van der Waals surface area contributed by atoms with Crippen LogP contribution in [0.5, 0.6) is 0 Å². The molecule has 0 saturated carbocycles. The predicted molar refractivity (Wildman–Crippen MR) is 172 cm³/mol. The number of nitrogens with zero attached hydrogens (tertiary/aromatic N) is 4. The van der Waals surface area contributed by atoms with Gasteiger partial charge in [-0.3, -0.25) is 14.2 Å². The summed E-state index contributed by atoms with van der Waals surface area (Å²) in [7, 11) is 1.92. The number of methoxy groups -OCH3 is 1. The number of carbonyl (C=O) groups excluding carboxylic acids is 3. The molecule has 4 rings (SSSR count). The van der Waals surface area contributed by atoms with Crippen molar-refractivity contribution in [1.29, 1.82) is 0 Å². The number of ether oxygens (including phenoxy) is 3. The first kappa shape index (κ1) is 33.2. The van der Waals surface area contributed by atoms with Crippen molar-refractivity contribution < 1.29 is 28.6 Å². The smallest absolute Gasteiger partial charge is 0.419 e. The molecule has 0 aliphatic carbocycles. The Bertz CT molecular complexity index is 1610. The lowest BCUT2D eigenvalue weighted by Gasteiger charge is -2.32. The Morgan fingerprint density at radius 3 is 2.25 bits per heavy atom. The summed E-state index contributed by atoms with van der Waals surface area (Å²) in [6.07, 6.45) is 0.709. The van der Waals surface area contributed by atoms with E-state index in [4.69, 9.17) is 14.2 Å². The molecule has 0 bridgehead atoms. The lowest BCUT2D eigenvalue weighted by atomic mass is 10.1. The van der Waals surface area contributed by atoms with E-state index in [0.717, 1.165) is 19.1 Å². The number of carbonyl (C=O) groups is 3. The molecule has 11 nitrogen and oxygen atoms in total. The van der Waals surface area contributed by atoms with Crippen molar-refractivity contribution in [3.05, 3.63) is 58.0 Å². The van der Waals surface area contributed by atoms with Gasteiger partial charge in [0.25, 0.3) is 11.5 Å². The van der Waals surface area contributed by atoms with Crippen LogP contribution < -0.4 is 5.56 Å². The second-order valence-corrected chi connectivity index (χ2v) is 19.1. The van der Waals surface area contributed by atoms with Crippen molar-refractivity contribution in [3.63, 3.8) is 0 Å². The Balaban J connectivity index is 1.84. The minimum absolute atomic E-state index is 0.0719. The summed E-state index contributed by atoms with van der Waals surface area (Å²) in [5.74, 6) is -0.737. The van der Waals surface area contributed by atoms with Gasteiger partial charge in [-0.25, -0.2) is 14.2 Å². The van der Waals surface area contributed by atoms with Crippen LogP contribution in [0.4, 0.5) is 4.79 Å². The van der Waals surface area contributed by atoms with Crippen molar-refractivity contribution in [1.82, 2.24) is 18.9 Å². The number of piperazine rings is 1. The van der Waals surface area contributed by atoms with Gasteiger partial charge in [0.1, 0.15) is 12.3 Å². The average molecular weight is 625 g/mol. The van der Waals surface area contributed by atoms with Crippen LogP contribution in [0.2, 0.25) is 25.7 Å². The third kappa shape index (κ3) is 7.85. The predicted octanol–water partition coefficient (Wildman–Crippen LogP) is 4.74. The zero-order valence-electron chi connectivity index (χ0n) is 27.1. The standard InChI is InChI=1S/C32H44N4O7Si/c1-32(2,3)43-31(40)36-26-10-9-22(28(37)34-13-11-33(4)12-14-34)17-23(26)19-27(36)25-18-24(30(39)41-5)20-35(29(25)38)21-42-15-16-44(6,7)8/h9-10,17-20H,11-16,21H2,1-8H3. The van der Waals surface area contributed by atoms with Crippen LogP contribution in [0.25, 0.3) is 22.2 Å². The minimum atomic E-state index is -1.36. The van der Waals surface area contributed by atoms with E-state index < -0.39 is 31.3 Å². The maximum Gasteiger partial charge on any atom is 0.419 e. The number of rotatable bonds is 8. The molecule has 0 atom stereocenters. The van der Waals surface area contributed by atoms with Crippen LogP contribution >= 0.6 is 0 Å². The van der Waals surface area contributed by atoms with Gasteiger partial charge in [0.05, 0.1) is 29.4 Å². The first-order valence-electron chi connectivity index (χ1n) is 14.9. The molecule has 1 aromatic carbocycles. The molecule has 44 heavy (non-hydrogen) atoms. The maximum atomic E-state index is 13.9. The van der Waals surface area contributed by atoms with Gasteiger partial charge in [0.15, 0.2) is 0 Å². The van der Waals surface area contributed by atoms with E-state index in [1.54, 1.807) is 45.0 Å². The number of esters is 1. The van der Waals surface area contributed by atoms with Crippen LogP contribution in [-0.2, 0) is 20.9 Å². The summed E-state index contributed by atoms with van der Waals surface area (Å²) in [6, 6.07) is 9.10. The molecule has 1 aliphatic rings. The summed E-state index contributed by atoms with van der Waals surface area (Å²) in [5, 5.41) is 0.576. The summed E-state index contributed by atoms with van der Waals surface area (Å²) in [6.45, 7) is 15.2. The Morgan fingerprint density at radius 1 is 0.955 bits per heavy atom. The quantitative estimate of drug-likeness (QED) is 0.201. The molecule has 1 fully saturated rings. The van der Waals surface area contributed by atoms with Gasteiger partial charge in [0.2, 0.25) is 0 Å². The molecule has 3 aromatic rings. The number of hydrogen-bond acceptors (Lipinski definition) is 8. The fourth-order valence-electron chi connectivity index (χ4n) is 4.93. The molecule has 0 radical (unpaired) electrons. The van der Waals surface area contributed by atoms with Gasteiger partial charge >= 0.3 is 12.1 Å². The Hall–Kier alpha value is -3.74. The van der Waals surface area contributed by atoms with Gasteiger partial charge < -0.3 is 24.0 Å². The summed E-state index contributed by atoms with van der Waals surface area (Å²) in [5.41, 5.74) is 0.118. The van der Waals surface area contributed by atoms with Crippen molar-refractivity contribution in [2.75, 3.05) is 46.9 Å². The second kappa shape index (κ2) is 13.1. The maximum absolute atomic E-state index is 13.9. The van der Waals surface area contributed by atoms with Gasteiger partial charge in [-0.2, -0.15) is 0 Å². The Kier molecular flexibility index (Phi) is 9.86. The van der Waals surface area contributed by atoms with Crippen molar-refractivity contribution >= 4 is 36.9 Å². The molecule has 3 heterocycles. The number of amides is 1. The van der Waals surface area contributed by atoms with Crippen LogP contribution in [0.1, 0.15) is 41.5 Å². The van der Waals surface area contributed by atoms with Crippen LogP contribution in [0, 0.1) is 0 Å². The van der Waals surface area contributed by atoms with Crippen LogP contribution in [0.3, 0.4) is 0 Å². The van der Waals surface area contributed by atoms with E-state index in [1.807, 2.05) is 11.9 Å². The number of pyridine rings is 1. The molecule has 0 unspecified atom stereocenters. The highest BCUT2D eigenvalue weighted by Crippen LogP contribution is 2.30. The lowest BCUT2D eigenvalue weighted by molar-refractivity contribution is 0.0545. The average Bonchev–Trinajstić information content (AvgIpc) is 3.33. The summed E-state index contributed by atoms with van der Waals surface area (Å²) >= 11 is 0. The molecule has 2 aromatic heterocycles. The highest BCUT2D eigenvalue weighted by Gasteiger charge is 2.27. The number of fused-ring (bicyclic) bond motifs is 1. The summed E-state index contributed by atoms with van der Waals surface area (Å²) < 4.78 is 19.2. The molecule has 1 aliphatic heterocycles. The van der Waals surface area contributed by atoms with Crippen LogP contribution in [-0.4, -0.2) is 97.5 Å². The van der Waals surface area contributed by atoms with Crippen LogP contribution in [0.15, 0.2) is 41.3 Å². The first-order chi connectivity index (χ1) is 20.6. The topological polar surface area (TPSA) is 112 Å². The number of likely N-dealkylation sites (N-methyl/N-ethyl adjacent to an activating group) is 1. The lowest BCUT2D eigenvalue weighted by Crippen LogP contribution is -2.47. The SMILES string of the molecule is COC(=O)c1cc(-c2cc3cc(C(=O)N4CCN(C)CC4)ccc3n2C(=O)OC(C)(C)C)c(=O)n(COCC[Si](C)(C)C)c1. The van der Waals surface area contributed by atoms with E-state index in [2.05, 4.69) is 24.5 Å². The third-order valence-corrected chi connectivity index (χ3v) is 9.13. The highest BCUT2D eigenvalue weighted by atomic mass is 28.3. The van der Waals surface area contributed by atoms with Gasteiger partial charge in [-0.15, -0.1) is 0 Å². The molecule has 0 N–H and O–H groups in total. The summed E-state index contributed by atoms with van der Waals surface area (Å²) in [4.78, 5) is 57.5. The molecular formula is C32H44N4O7Si. The van der Waals surface area contributed by atoms with Crippen molar-refractivity contribution in [2.24, 2.45) is 0 Å². The van der Waals surface area contributed by atoms with Gasteiger partial charge in [0, 0.05) is 58.0 Å². The molecule has 1 saturated heterocycles. The fourth-order valence-corrected chi connectivity index (χ4v) is 5.69. The number of aromatic nitrogens is 2. The van der Waals surface area contributed by atoms with E-state index in [-0.39, 0.29) is 29.5 Å². The zero-order valence-corrected chi connectivity index (χ0v) is 28.1. The number of benzene rings is 1. The zero-order chi connectivity index (χ0) is 32.4. The molecular weight excluding hydrogens is 580 g/mol. The molecule has 0 spiro atoms. The largest absolute Gasteiger partial charge is 0.465 e. The fraction of sp³-hybridized carbons (Fsp3) is 0.500. The van der Waals surface area contributed by atoms with E-state index in [1.165, 1.54) is 28.5 Å². The molecule has 1 amide bonds. The first-order valence-corrected chi connectivity index (χ1v) is 18.6. The third-order valence-electron chi connectivity index (χ3n) is 7.42. The Labute approximate surface area is 259 Å². The molecule has 238 valence electrons. The van der Waals surface area contributed by atoms with Crippen molar-refractivity contribution in [3.8, 4) is 11.3 Å². The second-order valence-electron chi connectivity index (χ2n) is 13.5. The van der Waals surface area contributed by atoms with Gasteiger partial charge in [-0.05, 0) is 64.2 Å².